The highest BCUT2D eigenvalue weighted by molar-refractivity contribution is 6.12. The van der Waals surface area contributed by atoms with Crippen LogP contribution in [0.4, 0.5) is 0 Å². The third-order valence-electron chi connectivity index (χ3n) is 6.48. The Morgan fingerprint density at radius 1 is 1.08 bits per heavy atom. The summed E-state index contributed by atoms with van der Waals surface area (Å²) in [7, 11) is 2.79. The number of hydroxylamine groups is 1. The normalized spacial score (nSPS) is 17.2. The van der Waals surface area contributed by atoms with E-state index in [4.69, 9.17) is 9.57 Å². The molecule has 1 aliphatic heterocycles. The molecule has 202 valence electrons. The third kappa shape index (κ3) is 7.19. The van der Waals surface area contributed by atoms with Gasteiger partial charge in [0.15, 0.2) is 11.8 Å². The smallest absolute Gasteiger partial charge is 0.279 e. The second-order valence-corrected chi connectivity index (χ2v) is 9.44. The number of hydrogen-bond donors (Lipinski definition) is 3. The number of nitrogens with one attached hydrogen (secondary N) is 2. The van der Waals surface area contributed by atoms with E-state index in [1.54, 1.807) is 31.2 Å². The first kappa shape index (κ1) is 28.9. The van der Waals surface area contributed by atoms with Crippen molar-refractivity contribution < 1.29 is 29.1 Å². The molecule has 0 saturated carbocycles. The van der Waals surface area contributed by atoms with Crippen molar-refractivity contribution in [2.75, 3.05) is 20.7 Å². The molecule has 1 heterocycles. The van der Waals surface area contributed by atoms with Gasteiger partial charge in [-0.25, -0.2) is 10.3 Å². The standard InChI is InChI=1S/C29H35N3O6/c1-20(33)19-23-12-10-21(11-13-23)8-9-22-14-16-24(17-15-22)26(34)32(4)29(2,27(35)30-3)28(36)31-38-25-7-5-6-18-37-25/h10-17,20,25,33H,5-7,18-19H2,1-4H3,(H,30,35)(H,31,36). The van der Waals surface area contributed by atoms with Crippen LogP contribution in [0.5, 0.6) is 0 Å². The Morgan fingerprint density at radius 2 is 1.68 bits per heavy atom. The van der Waals surface area contributed by atoms with E-state index in [2.05, 4.69) is 22.6 Å². The number of nitrogens with zero attached hydrogens (tertiary/aromatic N) is 1. The van der Waals surface area contributed by atoms with E-state index in [-0.39, 0.29) is 0 Å². The van der Waals surface area contributed by atoms with Crippen LogP contribution in [0.3, 0.4) is 0 Å². The lowest BCUT2D eigenvalue weighted by atomic mass is 9.96. The van der Waals surface area contributed by atoms with Gasteiger partial charge < -0.3 is 20.1 Å². The van der Waals surface area contributed by atoms with Crippen molar-refractivity contribution in [3.8, 4) is 11.8 Å². The Bertz CT molecular complexity index is 1180. The van der Waals surface area contributed by atoms with Gasteiger partial charge in [0, 0.05) is 43.8 Å². The molecule has 0 radical (unpaired) electrons. The predicted molar refractivity (Wildman–Crippen MR) is 142 cm³/mol. The van der Waals surface area contributed by atoms with Crippen molar-refractivity contribution in [2.24, 2.45) is 0 Å². The fourth-order valence-corrected chi connectivity index (χ4v) is 3.98. The zero-order valence-corrected chi connectivity index (χ0v) is 22.2. The van der Waals surface area contributed by atoms with Crippen LogP contribution in [-0.4, -0.2) is 66.4 Å². The summed E-state index contributed by atoms with van der Waals surface area (Å²) in [5.41, 5.74) is 3.27. The lowest BCUT2D eigenvalue weighted by Crippen LogP contribution is -2.65. The number of rotatable bonds is 8. The third-order valence-corrected chi connectivity index (χ3v) is 6.48. The highest BCUT2D eigenvalue weighted by Gasteiger charge is 2.47. The quantitative estimate of drug-likeness (QED) is 0.279. The molecule has 3 N–H and O–H groups in total. The number of carbonyl (C=O) groups is 3. The van der Waals surface area contributed by atoms with E-state index in [0.29, 0.717) is 30.6 Å². The maximum absolute atomic E-state index is 13.3. The molecule has 0 bridgehead atoms. The first-order valence-corrected chi connectivity index (χ1v) is 12.6. The molecule has 3 amide bonds. The van der Waals surface area contributed by atoms with Crippen molar-refractivity contribution in [2.45, 2.75) is 57.5 Å². The minimum absolute atomic E-state index is 0.292. The molecule has 3 rings (SSSR count). The van der Waals surface area contributed by atoms with Gasteiger partial charge in [-0.3, -0.25) is 14.4 Å². The topological polar surface area (TPSA) is 117 Å². The second-order valence-electron chi connectivity index (χ2n) is 9.44. The molecule has 2 aromatic rings. The summed E-state index contributed by atoms with van der Waals surface area (Å²) in [6.07, 6.45) is 2.03. The molecule has 38 heavy (non-hydrogen) atoms. The van der Waals surface area contributed by atoms with Gasteiger partial charge in [0.2, 0.25) is 0 Å². The van der Waals surface area contributed by atoms with Crippen molar-refractivity contribution in [3.05, 3.63) is 70.8 Å². The number of hydrogen-bond acceptors (Lipinski definition) is 6. The molecule has 3 atom stereocenters. The first-order chi connectivity index (χ1) is 18.1. The van der Waals surface area contributed by atoms with Crippen LogP contribution in [0.1, 0.15) is 60.2 Å². The van der Waals surface area contributed by atoms with Gasteiger partial charge in [-0.05, 0) is 75.1 Å². The van der Waals surface area contributed by atoms with Crippen molar-refractivity contribution in [1.82, 2.24) is 15.7 Å². The fourth-order valence-electron chi connectivity index (χ4n) is 3.98. The molecule has 0 spiro atoms. The maximum atomic E-state index is 13.3. The van der Waals surface area contributed by atoms with Crippen LogP contribution in [-0.2, 0) is 25.6 Å². The van der Waals surface area contributed by atoms with Crippen molar-refractivity contribution in [1.29, 1.82) is 0 Å². The van der Waals surface area contributed by atoms with E-state index in [0.717, 1.165) is 28.9 Å². The van der Waals surface area contributed by atoms with E-state index >= 15 is 0 Å². The molecule has 0 aliphatic carbocycles. The molecule has 1 saturated heterocycles. The summed E-state index contributed by atoms with van der Waals surface area (Å²) >= 11 is 0. The van der Waals surface area contributed by atoms with Crippen LogP contribution >= 0.6 is 0 Å². The van der Waals surface area contributed by atoms with E-state index in [1.807, 2.05) is 24.3 Å². The summed E-state index contributed by atoms with van der Waals surface area (Å²) in [6.45, 7) is 3.63. The second kappa shape index (κ2) is 13.2. The minimum Gasteiger partial charge on any atom is -0.393 e. The monoisotopic (exact) mass is 521 g/mol. The van der Waals surface area contributed by atoms with Gasteiger partial charge in [-0.15, -0.1) is 0 Å². The Morgan fingerprint density at radius 3 is 2.21 bits per heavy atom. The largest absolute Gasteiger partial charge is 0.393 e. The van der Waals surface area contributed by atoms with Gasteiger partial charge in [-0.1, -0.05) is 24.0 Å². The molecule has 0 aromatic heterocycles. The molecule has 9 heteroatoms. The SMILES string of the molecule is CNC(=O)C(C)(C(=O)NOC1CCCCO1)N(C)C(=O)c1ccc(C#Cc2ccc(CC(C)O)cc2)cc1. The number of benzene rings is 2. The summed E-state index contributed by atoms with van der Waals surface area (Å²) in [4.78, 5) is 45.5. The van der Waals surface area contributed by atoms with Crippen molar-refractivity contribution >= 4 is 17.7 Å². The molecular weight excluding hydrogens is 486 g/mol. The number of aliphatic hydroxyl groups is 1. The number of aliphatic hydroxyl groups excluding tert-OH is 1. The van der Waals surface area contributed by atoms with Gasteiger partial charge in [-0.2, -0.15) is 0 Å². The Balaban J connectivity index is 1.70. The zero-order valence-electron chi connectivity index (χ0n) is 22.2. The number of likely N-dealkylation sites (N-methyl/N-ethyl adjacent to an activating group) is 2. The molecule has 9 nitrogen and oxygen atoms in total. The summed E-state index contributed by atoms with van der Waals surface area (Å²) in [5.74, 6) is 4.16. The Labute approximate surface area is 223 Å². The van der Waals surface area contributed by atoms with E-state index < -0.39 is 35.7 Å². The van der Waals surface area contributed by atoms with E-state index in [9.17, 15) is 19.5 Å². The average Bonchev–Trinajstić information content (AvgIpc) is 2.94. The highest BCUT2D eigenvalue weighted by atomic mass is 16.8. The Hall–Kier alpha value is -3.71. The average molecular weight is 522 g/mol. The molecule has 1 fully saturated rings. The maximum Gasteiger partial charge on any atom is 0.279 e. The highest BCUT2D eigenvalue weighted by Crippen LogP contribution is 2.20. The lowest BCUT2D eigenvalue weighted by Gasteiger charge is -2.36. The molecular formula is C29H35N3O6. The summed E-state index contributed by atoms with van der Waals surface area (Å²) < 4.78 is 5.44. The van der Waals surface area contributed by atoms with Gasteiger partial charge in [0.05, 0.1) is 6.10 Å². The summed E-state index contributed by atoms with van der Waals surface area (Å²) in [6, 6.07) is 14.3. The molecule has 1 aliphatic rings. The molecule has 3 unspecified atom stereocenters. The van der Waals surface area contributed by atoms with Gasteiger partial charge >= 0.3 is 0 Å². The van der Waals surface area contributed by atoms with Crippen LogP contribution in [0.25, 0.3) is 0 Å². The van der Waals surface area contributed by atoms with Crippen LogP contribution in [0.2, 0.25) is 0 Å². The zero-order chi connectivity index (χ0) is 27.7. The predicted octanol–water partition coefficient (Wildman–Crippen LogP) is 2.16. The van der Waals surface area contributed by atoms with Crippen LogP contribution < -0.4 is 10.8 Å². The minimum atomic E-state index is -1.88. The van der Waals surface area contributed by atoms with Crippen LogP contribution in [0, 0.1) is 11.8 Å². The molecule has 2 aromatic carbocycles. The van der Waals surface area contributed by atoms with Crippen molar-refractivity contribution in [3.63, 3.8) is 0 Å². The first-order valence-electron chi connectivity index (χ1n) is 12.6. The van der Waals surface area contributed by atoms with E-state index in [1.165, 1.54) is 21.0 Å². The summed E-state index contributed by atoms with van der Waals surface area (Å²) in [5, 5.41) is 12.0. The fraction of sp³-hybridized carbons (Fsp3) is 0.414. The lowest BCUT2D eigenvalue weighted by molar-refractivity contribution is -0.204. The van der Waals surface area contributed by atoms with Gasteiger partial charge in [0.1, 0.15) is 0 Å². The van der Waals surface area contributed by atoms with Crippen LogP contribution in [0.15, 0.2) is 48.5 Å². The Kier molecular flexibility index (Phi) is 10.0. The number of carbonyl (C=O) groups excluding carboxylic acids is 3. The number of amides is 3. The number of ether oxygens (including phenoxy) is 1. The van der Waals surface area contributed by atoms with Gasteiger partial charge in [0.25, 0.3) is 17.7 Å².